The second kappa shape index (κ2) is 10.1. The Hall–Kier alpha value is -2.15. The van der Waals surface area contributed by atoms with Crippen molar-refractivity contribution in [3.8, 4) is 0 Å². The average Bonchev–Trinajstić information content (AvgIpc) is 2.65. The molecule has 0 aromatic heterocycles. The lowest BCUT2D eigenvalue weighted by Crippen LogP contribution is -2.44. The van der Waals surface area contributed by atoms with E-state index in [0.29, 0.717) is 11.5 Å². The Morgan fingerprint density at radius 2 is 2.00 bits per heavy atom. The highest BCUT2D eigenvalue weighted by molar-refractivity contribution is 5.79. The van der Waals surface area contributed by atoms with E-state index in [-0.39, 0.29) is 29.2 Å². The molecule has 1 aromatic carbocycles. The van der Waals surface area contributed by atoms with E-state index in [1.807, 2.05) is 6.92 Å². The third-order valence-electron chi connectivity index (χ3n) is 5.13. The van der Waals surface area contributed by atoms with E-state index in [1.165, 1.54) is 25.3 Å². The van der Waals surface area contributed by atoms with Gasteiger partial charge < -0.3 is 15.7 Å². The Labute approximate surface area is 155 Å². The van der Waals surface area contributed by atoms with Crippen LogP contribution < -0.4 is 10.6 Å². The van der Waals surface area contributed by atoms with Crippen LogP contribution in [0.15, 0.2) is 29.3 Å². The second-order valence-electron chi connectivity index (χ2n) is 6.97. The maximum atomic E-state index is 11.1. The number of hydrogen-bond acceptors (Lipinski definition) is 4. The summed E-state index contributed by atoms with van der Waals surface area (Å²) in [6, 6.07) is 6.69. The highest BCUT2D eigenvalue weighted by Crippen LogP contribution is 2.38. The zero-order valence-corrected chi connectivity index (χ0v) is 15.5. The molecule has 1 fully saturated rings. The number of aliphatic hydroxyl groups excluding tert-OH is 1. The molecule has 0 radical (unpaired) electrons. The molecule has 0 atom stereocenters. The van der Waals surface area contributed by atoms with E-state index in [9.17, 15) is 15.2 Å². The molecule has 0 aliphatic heterocycles. The van der Waals surface area contributed by atoms with Gasteiger partial charge in [0.25, 0.3) is 5.69 Å². The van der Waals surface area contributed by atoms with Crippen LogP contribution in [0.5, 0.6) is 0 Å². The third-order valence-corrected chi connectivity index (χ3v) is 5.13. The molecular weight excluding hydrogens is 332 g/mol. The molecule has 0 unspecified atom stereocenters. The van der Waals surface area contributed by atoms with Crippen molar-refractivity contribution in [2.45, 2.75) is 52.0 Å². The molecule has 2 rings (SSSR count). The van der Waals surface area contributed by atoms with Crippen LogP contribution >= 0.6 is 0 Å². The maximum Gasteiger partial charge on any atom is 0.274 e. The standard InChI is InChI=1S/C19H30N4O3/c1-2-20-18(21-14-16-8-4-5-9-17(16)23(25)26)22-15-19(12-13-24)10-6-3-7-11-19/h4-5,8-9,24H,2-3,6-7,10-15H2,1H3,(H2,20,21,22). The Morgan fingerprint density at radius 1 is 1.27 bits per heavy atom. The number of aliphatic hydroxyl groups is 1. The first-order chi connectivity index (χ1) is 12.6. The van der Waals surface area contributed by atoms with Crippen LogP contribution in [0.3, 0.4) is 0 Å². The summed E-state index contributed by atoms with van der Waals surface area (Å²) in [6.45, 7) is 3.92. The van der Waals surface area contributed by atoms with Crippen LogP contribution in [-0.2, 0) is 6.54 Å². The number of nitrogens with one attached hydrogen (secondary N) is 2. The maximum absolute atomic E-state index is 11.1. The molecule has 0 spiro atoms. The van der Waals surface area contributed by atoms with Gasteiger partial charge >= 0.3 is 0 Å². The van der Waals surface area contributed by atoms with Gasteiger partial charge in [0.05, 0.1) is 17.0 Å². The number of hydrogen-bond donors (Lipinski definition) is 3. The highest BCUT2D eigenvalue weighted by atomic mass is 16.6. The molecule has 3 N–H and O–H groups in total. The predicted octanol–water partition coefficient (Wildman–Crippen LogP) is 2.98. The number of para-hydroxylation sites is 1. The molecule has 0 heterocycles. The zero-order valence-electron chi connectivity index (χ0n) is 15.5. The van der Waals surface area contributed by atoms with Crippen molar-refractivity contribution in [1.29, 1.82) is 0 Å². The monoisotopic (exact) mass is 362 g/mol. The molecule has 0 bridgehead atoms. The van der Waals surface area contributed by atoms with Crippen molar-refractivity contribution in [3.63, 3.8) is 0 Å². The third kappa shape index (κ3) is 5.69. The van der Waals surface area contributed by atoms with E-state index >= 15 is 0 Å². The first kappa shape index (κ1) is 20.2. The van der Waals surface area contributed by atoms with E-state index in [2.05, 4.69) is 15.6 Å². The SMILES string of the molecule is CCNC(=NCc1ccccc1[N+](=O)[O-])NCC1(CCO)CCCCC1. The topological polar surface area (TPSA) is 99.8 Å². The molecular formula is C19H30N4O3. The molecule has 0 amide bonds. The van der Waals surface area contributed by atoms with E-state index in [4.69, 9.17) is 0 Å². The Balaban J connectivity index is 2.05. The lowest BCUT2D eigenvalue weighted by atomic mass is 9.72. The van der Waals surface area contributed by atoms with Gasteiger partial charge in [-0.25, -0.2) is 4.99 Å². The average molecular weight is 362 g/mol. The second-order valence-corrected chi connectivity index (χ2v) is 6.97. The number of nitro groups is 1. The van der Waals surface area contributed by atoms with Gasteiger partial charge in [-0.15, -0.1) is 0 Å². The molecule has 7 heteroatoms. The molecule has 1 aromatic rings. The lowest BCUT2D eigenvalue weighted by molar-refractivity contribution is -0.385. The summed E-state index contributed by atoms with van der Waals surface area (Å²) in [4.78, 5) is 15.3. The zero-order chi connectivity index (χ0) is 18.8. The molecule has 0 saturated heterocycles. The van der Waals surface area contributed by atoms with Crippen LogP contribution in [0.2, 0.25) is 0 Å². The van der Waals surface area contributed by atoms with Gasteiger partial charge in [0.1, 0.15) is 0 Å². The van der Waals surface area contributed by atoms with Crippen molar-refractivity contribution in [2.75, 3.05) is 19.7 Å². The van der Waals surface area contributed by atoms with Crippen molar-refractivity contribution in [2.24, 2.45) is 10.4 Å². The Morgan fingerprint density at radius 3 is 2.65 bits per heavy atom. The van der Waals surface area contributed by atoms with Crippen molar-refractivity contribution in [1.82, 2.24) is 10.6 Å². The Kier molecular flexibility index (Phi) is 7.84. The molecule has 7 nitrogen and oxygen atoms in total. The minimum atomic E-state index is -0.372. The number of aliphatic imine (C=N–C) groups is 1. The van der Waals surface area contributed by atoms with E-state index in [0.717, 1.165) is 32.4 Å². The fourth-order valence-corrected chi connectivity index (χ4v) is 3.65. The number of rotatable bonds is 8. The number of benzene rings is 1. The van der Waals surface area contributed by atoms with Crippen LogP contribution in [0.4, 0.5) is 5.69 Å². The first-order valence-corrected chi connectivity index (χ1v) is 9.45. The molecule has 1 aliphatic carbocycles. The van der Waals surface area contributed by atoms with Crippen molar-refractivity contribution >= 4 is 11.6 Å². The quantitative estimate of drug-likeness (QED) is 0.286. The summed E-state index contributed by atoms with van der Waals surface area (Å²) in [6.07, 6.45) is 6.69. The van der Waals surface area contributed by atoms with Gasteiger partial charge in [-0.3, -0.25) is 10.1 Å². The van der Waals surface area contributed by atoms with Crippen LogP contribution in [-0.4, -0.2) is 35.7 Å². The molecule has 1 aliphatic rings. The largest absolute Gasteiger partial charge is 0.396 e. The van der Waals surface area contributed by atoms with E-state index in [1.54, 1.807) is 18.2 Å². The van der Waals surface area contributed by atoms with Crippen LogP contribution in [0.25, 0.3) is 0 Å². The summed E-state index contributed by atoms with van der Waals surface area (Å²) in [5.41, 5.74) is 0.802. The van der Waals surface area contributed by atoms with Gasteiger partial charge in [-0.1, -0.05) is 37.5 Å². The van der Waals surface area contributed by atoms with E-state index < -0.39 is 0 Å². The lowest BCUT2D eigenvalue weighted by Gasteiger charge is -2.37. The Bertz CT molecular complexity index is 607. The summed E-state index contributed by atoms with van der Waals surface area (Å²) in [5.74, 6) is 0.661. The van der Waals surface area contributed by atoms with Crippen molar-refractivity contribution in [3.05, 3.63) is 39.9 Å². The normalized spacial score (nSPS) is 16.9. The smallest absolute Gasteiger partial charge is 0.274 e. The first-order valence-electron chi connectivity index (χ1n) is 9.45. The minimum absolute atomic E-state index is 0.0936. The number of guanidine groups is 1. The number of nitro benzene ring substituents is 1. The molecule has 144 valence electrons. The highest BCUT2D eigenvalue weighted by Gasteiger charge is 2.31. The van der Waals surface area contributed by atoms with Gasteiger partial charge in [0, 0.05) is 25.8 Å². The van der Waals surface area contributed by atoms with Crippen LogP contribution in [0.1, 0.15) is 51.0 Å². The minimum Gasteiger partial charge on any atom is -0.396 e. The number of nitrogens with zero attached hydrogens (tertiary/aromatic N) is 2. The van der Waals surface area contributed by atoms with Gasteiger partial charge in [0.2, 0.25) is 0 Å². The molecule has 26 heavy (non-hydrogen) atoms. The van der Waals surface area contributed by atoms with Crippen LogP contribution in [0, 0.1) is 15.5 Å². The van der Waals surface area contributed by atoms with Crippen molar-refractivity contribution < 1.29 is 10.0 Å². The van der Waals surface area contributed by atoms with Gasteiger partial charge in [-0.2, -0.15) is 0 Å². The summed E-state index contributed by atoms with van der Waals surface area (Å²) in [7, 11) is 0. The van der Waals surface area contributed by atoms with Gasteiger partial charge in [0.15, 0.2) is 5.96 Å². The summed E-state index contributed by atoms with van der Waals surface area (Å²) in [5, 5.41) is 27.2. The summed E-state index contributed by atoms with van der Waals surface area (Å²) < 4.78 is 0. The molecule has 1 saturated carbocycles. The van der Waals surface area contributed by atoms with Gasteiger partial charge in [-0.05, 0) is 31.6 Å². The fourth-order valence-electron chi connectivity index (χ4n) is 3.65. The predicted molar refractivity (Wildman–Crippen MR) is 103 cm³/mol. The summed E-state index contributed by atoms with van der Waals surface area (Å²) >= 11 is 0. The fraction of sp³-hybridized carbons (Fsp3) is 0.632.